The molecule has 5 N–H and O–H groups in total. The predicted molar refractivity (Wildman–Crippen MR) is 175 cm³/mol. The first kappa shape index (κ1) is 32.2. The number of anilines is 1. The van der Waals surface area contributed by atoms with Gasteiger partial charge in [0.05, 0.1) is 0 Å². The van der Waals surface area contributed by atoms with Gasteiger partial charge in [-0.15, -0.1) is 0 Å². The number of likely N-dealkylation sites (tertiary alicyclic amines) is 1. The number of nitrogens with two attached hydrogens (primary N) is 1. The quantitative estimate of drug-likeness (QED) is 0.349. The van der Waals surface area contributed by atoms with Gasteiger partial charge < -0.3 is 36.1 Å². The molecule has 2 saturated heterocycles. The van der Waals surface area contributed by atoms with E-state index in [4.69, 9.17) is 5.73 Å². The number of piperidine rings is 2. The van der Waals surface area contributed by atoms with Crippen molar-refractivity contribution in [3.63, 3.8) is 0 Å². The number of nitrogens with zero attached hydrogens (tertiary/aromatic N) is 4. The summed E-state index contributed by atoms with van der Waals surface area (Å²) in [7, 11) is 1.76. The first-order valence-corrected chi connectivity index (χ1v) is 17.1. The van der Waals surface area contributed by atoms with Crippen molar-refractivity contribution in [3.8, 4) is 0 Å². The van der Waals surface area contributed by atoms with Crippen molar-refractivity contribution < 1.29 is 13.6 Å². The van der Waals surface area contributed by atoms with E-state index in [2.05, 4.69) is 30.9 Å². The van der Waals surface area contributed by atoms with Gasteiger partial charge in [0.15, 0.2) is 0 Å². The summed E-state index contributed by atoms with van der Waals surface area (Å²) in [6, 6.07) is 3.63. The van der Waals surface area contributed by atoms with Gasteiger partial charge in [-0.3, -0.25) is 4.79 Å². The molecule has 0 bridgehead atoms. The molecule has 5 heterocycles. The fourth-order valence-corrected chi connectivity index (χ4v) is 8.21. The number of aryl methyl sites for hydroxylation is 1. The van der Waals surface area contributed by atoms with Crippen LogP contribution in [0.25, 0.3) is 5.57 Å². The Morgan fingerprint density at radius 2 is 1.87 bits per heavy atom. The van der Waals surface area contributed by atoms with Crippen molar-refractivity contribution in [3.05, 3.63) is 46.3 Å². The zero-order valence-electron chi connectivity index (χ0n) is 27.3. The van der Waals surface area contributed by atoms with Crippen LogP contribution in [0.1, 0.15) is 75.5 Å². The standard InChI is InChI=1S/C34H52F2N8O/c1-22(37)29(19-38-3)27-17-25-5-4-13-43(32(25)18-28(27)33(35)36)34-30-21-42(23(2)45)16-10-31(30)44(40-34)26-8-14-41(15-9-26)20-24-6-11-39-12-7-24/h17-19,22,24,26,33-34,38-40H,4-16,20-21,37H2,1-3H3/b29-19+. The second kappa shape index (κ2) is 13.9. The molecule has 5 aliphatic heterocycles. The molecule has 0 spiro atoms. The molecule has 2 atom stereocenters. The van der Waals surface area contributed by atoms with Crippen LogP contribution < -0.4 is 26.7 Å². The molecule has 0 saturated carbocycles. The van der Waals surface area contributed by atoms with Crippen molar-refractivity contribution in [1.29, 1.82) is 0 Å². The molecular formula is C34H52F2N8O. The first-order chi connectivity index (χ1) is 21.7. The number of carbonyl (C=O) groups excluding carboxylic acids is 1. The molecule has 2 fully saturated rings. The number of rotatable bonds is 8. The third-order valence-corrected chi connectivity index (χ3v) is 10.6. The predicted octanol–water partition coefficient (Wildman–Crippen LogP) is 3.40. The summed E-state index contributed by atoms with van der Waals surface area (Å²) in [6.45, 7) is 11.2. The molecule has 9 nitrogen and oxygen atoms in total. The lowest BCUT2D eigenvalue weighted by Crippen LogP contribution is -2.55. The maximum Gasteiger partial charge on any atom is 0.264 e. The van der Waals surface area contributed by atoms with E-state index in [1.807, 2.05) is 17.9 Å². The summed E-state index contributed by atoms with van der Waals surface area (Å²) < 4.78 is 29.3. The van der Waals surface area contributed by atoms with Crippen molar-refractivity contribution in [2.75, 3.05) is 64.3 Å². The summed E-state index contributed by atoms with van der Waals surface area (Å²) in [5, 5.41) is 8.89. The minimum absolute atomic E-state index is 0.0126. The summed E-state index contributed by atoms with van der Waals surface area (Å²) in [6.07, 6.45) is 6.20. The Kier molecular flexibility index (Phi) is 9.99. The van der Waals surface area contributed by atoms with Crippen LogP contribution in [-0.2, 0) is 11.2 Å². The minimum atomic E-state index is -2.63. The van der Waals surface area contributed by atoms with Crippen LogP contribution in [-0.4, -0.2) is 98.4 Å². The maximum atomic E-state index is 14.7. The molecule has 248 valence electrons. The van der Waals surface area contributed by atoms with Crippen molar-refractivity contribution in [1.82, 2.24) is 30.9 Å². The van der Waals surface area contributed by atoms with Gasteiger partial charge in [-0.05, 0) is 93.3 Å². The highest BCUT2D eigenvalue weighted by Gasteiger charge is 2.43. The summed E-state index contributed by atoms with van der Waals surface area (Å²) in [5.74, 6) is 0.867. The van der Waals surface area contributed by atoms with Crippen LogP contribution in [0.15, 0.2) is 29.6 Å². The van der Waals surface area contributed by atoms with Crippen molar-refractivity contribution in [2.24, 2.45) is 11.7 Å². The highest BCUT2D eigenvalue weighted by atomic mass is 19.3. The summed E-state index contributed by atoms with van der Waals surface area (Å²) in [5.41, 5.74) is 15.8. The zero-order chi connectivity index (χ0) is 31.7. The third kappa shape index (κ3) is 6.73. The number of hydrogen-bond donors (Lipinski definition) is 4. The van der Waals surface area contributed by atoms with E-state index < -0.39 is 12.5 Å². The monoisotopic (exact) mass is 626 g/mol. The van der Waals surface area contributed by atoms with Gasteiger partial charge in [0.1, 0.15) is 6.17 Å². The largest absolute Gasteiger partial charge is 0.394 e. The van der Waals surface area contributed by atoms with Gasteiger partial charge in [-0.25, -0.2) is 14.2 Å². The van der Waals surface area contributed by atoms with E-state index >= 15 is 0 Å². The Morgan fingerprint density at radius 3 is 2.53 bits per heavy atom. The third-order valence-electron chi connectivity index (χ3n) is 10.6. The van der Waals surface area contributed by atoms with Gasteiger partial charge >= 0.3 is 0 Å². The van der Waals surface area contributed by atoms with Gasteiger partial charge in [0.25, 0.3) is 6.43 Å². The fraction of sp³-hybridized carbons (Fsp3) is 0.676. The number of benzene rings is 1. The number of nitrogens with one attached hydrogen (secondary N) is 3. The average molecular weight is 627 g/mol. The summed E-state index contributed by atoms with van der Waals surface area (Å²) in [4.78, 5) is 19.4. The molecule has 2 unspecified atom stereocenters. The van der Waals surface area contributed by atoms with E-state index in [1.165, 1.54) is 30.7 Å². The van der Waals surface area contributed by atoms with Crippen molar-refractivity contribution >= 4 is 17.2 Å². The normalized spacial score (nSPS) is 24.7. The molecule has 6 rings (SSSR count). The van der Waals surface area contributed by atoms with Gasteiger partial charge in [0, 0.05) is 100 Å². The number of halogens is 2. The number of alkyl halides is 2. The lowest BCUT2D eigenvalue weighted by Gasteiger charge is -2.42. The Hall–Kier alpha value is -2.73. The molecule has 45 heavy (non-hydrogen) atoms. The van der Waals surface area contributed by atoms with Gasteiger partial charge in [-0.1, -0.05) is 0 Å². The van der Waals surface area contributed by atoms with Gasteiger partial charge in [0.2, 0.25) is 5.91 Å². The van der Waals surface area contributed by atoms with E-state index in [1.54, 1.807) is 26.2 Å². The fourth-order valence-electron chi connectivity index (χ4n) is 8.21. The first-order valence-electron chi connectivity index (χ1n) is 17.1. The molecule has 11 heteroatoms. The molecule has 1 amide bonds. The maximum absolute atomic E-state index is 14.7. The molecule has 0 aliphatic carbocycles. The molecule has 1 aromatic rings. The zero-order valence-corrected chi connectivity index (χ0v) is 27.3. The summed E-state index contributed by atoms with van der Waals surface area (Å²) >= 11 is 0. The van der Waals surface area contributed by atoms with Crippen LogP contribution in [0.5, 0.6) is 0 Å². The second-order valence-corrected chi connectivity index (χ2v) is 13.6. The van der Waals surface area contributed by atoms with Crippen LogP contribution in [0.2, 0.25) is 0 Å². The smallest absolute Gasteiger partial charge is 0.264 e. The number of amides is 1. The molecule has 0 aromatic heterocycles. The molecule has 0 radical (unpaired) electrons. The second-order valence-electron chi connectivity index (χ2n) is 13.6. The highest BCUT2D eigenvalue weighted by Crippen LogP contribution is 2.41. The van der Waals surface area contributed by atoms with Crippen molar-refractivity contribution in [2.45, 2.75) is 83.5 Å². The van der Waals surface area contributed by atoms with Crippen LogP contribution >= 0.6 is 0 Å². The van der Waals surface area contributed by atoms with Gasteiger partial charge in [-0.2, -0.15) is 0 Å². The Bertz CT molecular complexity index is 1280. The molecule has 1 aromatic carbocycles. The number of hydrogen-bond acceptors (Lipinski definition) is 8. The lowest BCUT2D eigenvalue weighted by molar-refractivity contribution is -0.128. The number of carbonyl (C=O) groups is 1. The Balaban J connectivity index is 1.27. The Labute approximate surface area is 267 Å². The van der Waals surface area contributed by atoms with E-state index in [-0.39, 0.29) is 17.6 Å². The SMILES string of the molecule is CN/C=C(/c1cc2c(cc1C(F)F)N(C1NN(C3CCN(CC4CCNCC4)CC3)C3=C1CN(C(C)=O)CC3)CCC2)C(C)N. The van der Waals surface area contributed by atoms with Crippen LogP contribution in [0.3, 0.4) is 0 Å². The topological polar surface area (TPSA) is 92.1 Å². The molecule has 5 aliphatic rings. The van der Waals surface area contributed by atoms with E-state index in [0.29, 0.717) is 30.3 Å². The number of hydrazine groups is 1. The van der Waals surface area contributed by atoms with Crippen LogP contribution in [0, 0.1) is 5.92 Å². The average Bonchev–Trinajstić information content (AvgIpc) is 3.42. The van der Waals surface area contributed by atoms with Crippen LogP contribution in [0.4, 0.5) is 14.5 Å². The highest BCUT2D eigenvalue weighted by molar-refractivity contribution is 5.76. The lowest BCUT2D eigenvalue weighted by atomic mass is 9.89. The number of fused-ring (bicyclic) bond motifs is 1. The van der Waals surface area contributed by atoms with E-state index in [0.717, 1.165) is 82.0 Å². The van der Waals surface area contributed by atoms with E-state index in [9.17, 15) is 13.6 Å². The Morgan fingerprint density at radius 1 is 1.11 bits per heavy atom. The molecular weight excluding hydrogens is 574 g/mol. The minimum Gasteiger partial charge on any atom is -0.394 e.